The van der Waals surface area contributed by atoms with E-state index in [2.05, 4.69) is 10.6 Å². The van der Waals surface area contributed by atoms with E-state index in [-0.39, 0.29) is 16.3 Å². The van der Waals surface area contributed by atoms with Gasteiger partial charge in [0.15, 0.2) is 0 Å². The van der Waals surface area contributed by atoms with E-state index in [0.29, 0.717) is 5.02 Å². The summed E-state index contributed by atoms with van der Waals surface area (Å²) >= 11 is 25.0. The van der Waals surface area contributed by atoms with Crippen molar-refractivity contribution >= 4 is 69.6 Å². The first-order valence-electron chi connectivity index (χ1n) is 9.99. The van der Waals surface area contributed by atoms with Crippen LogP contribution < -0.4 is 10.6 Å². The minimum Gasteiger partial charge on any atom is -0.326 e. The number of halogens is 6. The number of anilines is 2. The summed E-state index contributed by atoms with van der Waals surface area (Å²) in [7, 11) is 0. The molecule has 2 amide bonds. The lowest BCUT2D eigenvalue weighted by Crippen LogP contribution is -2.18. The Morgan fingerprint density at radius 2 is 1.62 bits per heavy atom. The van der Waals surface area contributed by atoms with Gasteiger partial charge >= 0.3 is 0 Å². The van der Waals surface area contributed by atoms with Crippen molar-refractivity contribution in [3.05, 3.63) is 93.0 Å². The molecule has 0 radical (unpaired) electrons. The molecule has 2 N–H and O–H groups in total. The van der Waals surface area contributed by atoms with Crippen LogP contribution in [0.3, 0.4) is 0 Å². The summed E-state index contributed by atoms with van der Waals surface area (Å²) in [5.74, 6) is -4.45. The van der Waals surface area contributed by atoms with Gasteiger partial charge in [0.05, 0.1) is 16.5 Å². The predicted molar refractivity (Wildman–Crippen MR) is 131 cm³/mol. The molecule has 0 saturated heterocycles. The Bertz CT molecular complexity index is 1280. The van der Waals surface area contributed by atoms with E-state index in [4.69, 9.17) is 46.4 Å². The summed E-state index contributed by atoms with van der Waals surface area (Å²) in [6.45, 7) is 1.87. The molecule has 10 heteroatoms. The van der Waals surface area contributed by atoms with Crippen LogP contribution in [0, 0.1) is 24.5 Å². The average molecular weight is 544 g/mol. The molecule has 1 aliphatic carbocycles. The van der Waals surface area contributed by atoms with Gasteiger partial charge in [0.2, 0.25) is 5.91 Å². The smallest absolute Gasteiger partial charge is 0.257 e. The lowest BCUT2D eigenvalue weighted by atomic mass is 10.1. The average Bonchev–Trinajstić information content (AvgIpc) is 3.33. The van der Waals surface area contributed by atoms with Crippen LogP contribution in [0.5, 0.6) is 0 Å². The maximum atomic E-state index is 13.9. The minimum atomic E-state index is -1.34. The number of amides is 2. The van der Waals surface area contributed by atoms with Gasteiger partial charge in [-0.2, -0.15) is 0 Å². The molecule has 176 valence electrons. The molecule has 0 aromatic heterocycles. The number of rotatable bonds is 5. The third-order valence-electron chi connectivity index (χ3n) is 5.44. The first-order chi connectivity index (χ1) is 16.0. The summed E-state index contributed by atoms with van der Waals surface area (Å²) in [6.07, 6.45) is 0. The normalized spacial score (nSPS) is 18.3. The van der Waals surface area contributed by atoms with E-state index in [9.17, 15) is 18.4 Å². The number of hydrogen-bond acceptors (Lipinski definition) is 2. The van der Waals surface area contributed by atoms with Crippen LogP contribution in [-0.4, -0.2) is 16.1 Å². The van der Waals surface area contributed by atoms with E-state index in [1.54, 1.807) is 12.1 Å². The molecule has 2 atom stereocenters. The fourth-order valence-corrected chi connectivity index (χ4v) is 5.14. The van der Waals surface area contributed by atoms with Crippen molar-refractivity contribution in [2.45, 2.75) is 17.2 Å². The largest absolute Gasteiger partial charge is 0.326 e. The van der Waals surface area contributed by atoms with Crippen LogP contribution in [0.1, 0.15) is 27.4 Å². The van der Waals surface area contributed by atoms with Crippen LogP contribution in [0.25, 0.3) is 0 Å². The van der Waals surface area contributed by atoms with Crippen LogP contribution >= 0.6 is 46.4 Å². The van der Waals surface area contributed by atoms with Gasteiger partial charge in [0.25, 0.3) is 5.91 Å². The molecular weight excluding hydrogens is 528 g/mol. The molecule has 34 heavy (non-hydrogen) atoms. The third kappa shape index (κ3) is 4.86. The summed E-state index contributed by atoms with van der Waals surface area (Å²) in [5, 5.41) is 5.36. The first-order valence-corrected chi connectivity index (χ1v) is 11.5. The molecule has 0 heterocycles. The van der Waals surface area contributed by atoms with E-state index in [0.717, 1.165) is 23.3 Å². The second-order valence-corrected chi connectivity index (χ2v) is 10.2. The summed E-state index contributed by atoms with van der Waals surface area (Å²) in [6, 6.07) is 12.7. The zero-order chi connectivity index (χ0) is 24.8. The number of para-hydroxylation sites is 1. The Hall–Kier alpha value is -2.38. The fraction of sp³-hybridized carbons (Fsp3) is 0.167. The highest BCUT2D eigenvalue weighted by Crippen LogP contribution is 2.65. The topological polar surface area (TPSA) is 58.2 Å². The van der Waals surface area contributed by atoms with Gasteiger partial charge in [-0.1, -0.05) is 35.3 Å². The van der Waals surface area contributed by atoms with Gasteiger partial charge in [-0.25, -0.2) is 8.78 Å². The summed E-state index contributed by atoms with van der Waals surface area (Å²) in [5.41, 5.74) is 1.16. The Balaban J connectivity index is 1.53. The van der Waals surface area contributed by atoms with Gasteiger partial charge in [-0.15, -0.1) is 23.2 Å². The van der Waals surface area contributed by atoms with Crippen molar-refractivity contribution in [2.24, 2.45) is 5.92 Å². The monoisotopic (exact) mass is 542 g/mol. The van der Waals surface area contributed by atoms with Crippen LogP contribution in [-0.2, 0) is 4.79 Å². The number of carbonyl (C=O) groups is 2. The van der Waals surface area contributed by atoms with Crippen molar-refractivity contribution in [3.63, 3.8) is 0 Å². The number of nitrogens with one attached hydrogen (secondary N) is 2. The van der Waals surface area contributed by atoms with Gasteiger partial charge in [-0.05, 0) is 60.5 Å². The van der Waals surface area contributed by atoms with Crippen LogP contribution in [0.4, 0.5) is 20.2 Å². The predicted octanol–water partition coefficient (Wildman–Crippen LogP) is 7.36. The molecule has 1 saturated carbocycles. The maximum Gasteiger partial charge on any atom is 0.257 e. The highest BCUT2D eigenvalue weighted by molar-refractivity contribution is 6.53. The van der Waals surface area contributed by atoms with Crippen LogP contribution in [0.2, 0.25) is 10.0 Å². The molecule has 1 aliphatic rings. The Kier molecular flexibility index (Phi) is 6.80. The number of hydrogen-bond donors (Lipinski definition) is 2. The van der Waals surface area contributed by atoms with E-state index in [1.165, 1.54) is 24.3 Å². The molecule has 4 nitrogen and oxygen atoms in total. The molecule has 0 bridgehead atoms. The molecular formula is C24H16Cl4F2N2O2. The molecule has 3 aromatic rings. The molecule has 4 rings (SSSR count). The fourth-order valence-electron chi connectivity index (χ4n) is 3.81. The van der Waals surface area contributed by atoms with Gasteiger partial charge < -0.3 is 10.6 Å². The molecule has 0 aliphatic heterocycles. The van der Waals surface area contributed by atoms with Gasteiger partial charge in [0, 0.05) is 16.6 Å². The Morgan fingerprint density at radius 1 is 0.941 bits per heavy atom. The molecule has 2 unspecified atom stereocenters. The molecule has 1 fully saturated rings. The first kappa shape index (κ1) is 24.7. The van der Waals surface area contributed by atoms with Crippen molar-refractivity contribution in [2.75, 3.05) is 10.6 Å². The molecule has 3 aromatic carbocycles. The van der Waals surface area contributed by atoms with E-state index >= 15 is 0 Å². The minimum absolute atomic E-state index is 0.0231. The summed E-state index contributed by atoms with van der Waals surface area (Å²) < 4.78 is 26.5. The SMILES string of the molecule is Cc1cc(Cl)cc(C2C(C(=O)Nc3ccc(Cl)c(C(=O)Nc4c(F)cccc4F)c3)C2(Cl)Cl)c1. The van der Waals surface area contributed by atoms with Crippen LogP contribution in [0.15, 0.2) is 54.6 Å². The molecule has 0 spiro atoms. The second-order valence-electron chi connectivity index (χ2n) is 7.93. The number of benzene rings is 3. The van der Waals surface area contributed by atoms with Crippen molar-refractivity contribution in [1.29, 1.82) is 0 Å². The number of carbonyl (C=O) groups excluding carboxylic acids is 2. The van der Waals surface area contributed by atoms with Crippen molar-refractivity contribution < 1.29 is 18.4 Å². The quantitative estimate of drug-likeness (QED) is 0.330. The zero-order valence-electron chi connectivity index (χ0n) is 17.4. The summed E-state index contributed by atoms with van der Waals surface area (Å²) in [4.78, 5) is 25.6. The lowest BCUT2D eigenvalue weighted by molar-refractivity contribution is -0.117. The van der Waals surface area contributed by atoms with Gasteiger partial charge in [0.1, 0.15) is 21.7 Å². The number of aryl methyl sites for hydroxylation is 1. The zero-order valence-corrected chi connectivity index (χ0v) is 20.5. The number of alkyl halides is 2. The Morgan fingerprint density at radius 3 is 2.26 bits per heavy atom. The van der Waals surface area contributed by atoms with Gasteiger partial charge in [-0.3, -0.25) is 9.59 Å². The van der Waals surface area contributed by atoms with Crippen molar-refractivity contribution in [1.82, 2.24) is 0 Å². The highest BCUT2D eigenvalue weighted by Gasteiger charge is 2.67. The highest BCUT2D eigenvalue weighted by atomic mass is 35.5. The standard InChI is InChI=1S/C24H16Cl4F2N2O2/c1-11-7-12(9-13(25)8-11)19-20(24(19,27)28)23(34)31-14-5-6-16(26)15(10-14)22(33)32-21-17(29)3-2-4-18(21)30/h2-10,19-20H,1H3,(H,31,34)(H,32,33). The van der Waals surface area contributed by atoms with E-state index < -0.39 is 45.3 Å². The van der Waals surface area contributed by atoms with E-state index in [1.807, 2.05) is 13.0 Å². The maximum absolute atomic E-state index is 13.9. The van der Waals surface area contributed by atoms with Crippen molar-refractivity contribution in [3.8, 4) is 0 Å². The Labute approximate surface area is 214 Å². The second kappa shape index (κ2) is 9.34. The lowest BCUT2D eigenvalue weighted by Gasteiger charge is -2.11. The third-order valence-corrected chi connectivity index (χ3v) is 6.93.